The average Bonchev–Trinajstić information content (AvgIpc) is 2.19. The van der Waals surface area contributed by atoms with Gasteiger partial charge < -0.3 is 10.5 Å². The van der Waals surface area contributed by atoms with E-state index in [0.29, 0.717) is 5.92 Å². The minimum Gasteiger partial charge on any atom is -0.493 e. The van der Waals surface area contributed by atoms with Gasteiger partial charge in [0, 0.05) is 11.8 Å². The van der Waals surface area contributed by atoms with Crippen molar-refractivity contribution in [3.8, 4) is 5.75 Å². The minimum absolute atomic E-state index is 0.593. The van der Waals surface area contributed by atoms with Crippen LogP contribution in [0.2, 0.25) is 0 Å². The molecule has 1 aromatic rings. The van der Waals surface area contributed by atoms with E-state index in [1.807, 2.05) is 25.1 Å². The van der Waals surface area contributed by atoms with Gasteiger partial charge in [-0.2, -0.15) is 0 Å². The molecule has 0 fully saturated rings. The van der Waals surface area contributed by atoms with Crippen LogP contribution in [-0.2, 0) is 0 Å². The average molecular weight is 193 g/mol. The third kappa shape index (κ3) is 2.95. The Labute approximate surface area is 86.1 Å². The molecule has 0 bridgehead atoms. The number of ether oxygens (including phenoxy) is 1. The smallest absolute Gasteiger partial charge is 0.124 e. The first-order chi connectivity index (χ1) is 6.63. The van der Waals surface area contributed by atoms with E-state index in [1.54, 1.807) is 0 Å². The lowest BCUT2D eigenvalue weighted by molar-refractivity contribution is 0.255. The van der Waals surface area contributed by atoms with Crippen LogP contribution in [0, 0.1) is 12.8 Å². The lowest BCUT2D eigenvalue weighted by Gasteiger charge is -2.13. The van der Waals surface area contributed by atoms with Gasteiger partial charge in [-0.1, -0.05) is 26.3 Å². The first-order valence-corrected chi connectivity index (χ1v) is 5.12. The molecule has 1 atom stereocenters. The van der Waals surface area contributed by atoms with E-state index in [9.17, 15) is 0 Å². The predicted molar refractivity (Wildman–Crippen MR) is 60.5 cm³/mol. The van der Waals surface area contributed by atoms with Crippen molar-refractivity contribution in [3.63, 3.8) is 0 Å². The first kappa shape index (κ1) is 10.9. The molecule has 0 radical (unpaired) electrons. The minimum atomic E-state index is 0.593. The molecule has 78 valence electrons. The zero-order chi connectivity index (χ0) is 10.6. The van der Waals surface area contributed by atoms with E-state index < -0.39 is 0 Å². The molecule has 0 aliphatic carbocycles. The van der Waals surface area contributed by atoms with Gasteiger partial charge in [-0.05, 0) is 24.5 Å². The summed E-state index contributed by atoms with van der Waals surface area (Å²) in [4.78, 5) is 0. The van der Waals surface area contributed by atoms with Crippen LogP contribution in [0.25, 0.3) is 0 Å². The number of hydrogen-bond donors (Lipinski definition) is 1. The van der Waals surface area contributed by atoms with Crippen molar-refractivity contribution >= 4 is 5.69 Å². The fraction of sp³-hybridized carbons (Fsp3) is 0.500. The van der Waals surface area contributed by atoms with Gasteiger partial charge in [-0.25, -0.2) is 0 Å². The Morgan fingerprint density at radius 3 is 2.79 bits per heavy atom. The quantitative estimate of drug-likeness (QED) is 0.746. The predicted octanol–water partition coefficient (Wildman–Crippen LogP) is 3.00. The summed E-state index contributed by atoms with van der Waals surface area (Å²) in [6.45, 7) is 7.15. The highest BCUT2D eigenvalue weighted by atomic mass is 16.5. The van der Waals surface area contributed by atoms with Gasteiger partial charge in [0.25, 0.3) is 0 Å². The second-order valence-corrected chi connectivity index (χ2v) is 3.85. The molecule has 2 heteroatoms. The Balaban J connectivity index is 2.62. The van der Waals surface area contributed by atoms with Gasteiger partial charge in [-0.15, -0.1) is 0 Å². The Morgan fingerprint density at radius 1 is 1.43 bits per heavy atom. The Morgan fingerprint density at radius 2 is 2.14 bits per heavy atom. The summed E-state index contributed by atoms with van der Waals surface area (Å²) in [5.74, 6) is 1.50. The van der Waals surface area contributed by atoms with Crippen LogP contribution in [0.15, 0.2) is 18.2 Å². The number of benzene rings is 1. The zero-order valence-corrected chi connectivity index (χ0v) is 9.21. The molecule has 14 heavy (non-hydrogen) atoms. The van der Waals surface area contributed by atoms with Gasteiger partial charge in [0.1, 0.15) is 5.75 Å². The standard InChI is InChI=1S/C12H19NO/c1-4-9(2)8-14-12-7-11(13)6-5-10(12)3/h5-7,9H,4,8,13H2,1-3H3. The number of hydrogen-bond acceptors (Lipinski definition) is 2. The number of anilines is 1. The van der Waals surface area contributed by atoms with Gasteiger partial charge in [0.2, 0.25) is 0 Å². The number of aryl methyl sites for hydroxylation is 1. The second-order valence-electron chi connectivity index (χ2n) is 3.85. The maximum atomic E-state index is 5.69. The SMILES string of the molecule is CCC(C)COc1cc(N)ccc1C. The molecule has 0 heterocycles. The Hall–Kier alpha value is -1.18. The van der Waals surface area contributed by atoms with Crippen molar-refractivity contribution < 1.29 is 4.74 Å². The number of nitrogens with two attached hydrogens (primary N) is 1. The molecule has 0 aromatic heterocycles. The monoisotopic (exact) mass is 193 g/mol. The summed E-state index contributed by atoms with van der Waals surface area (Å²) >= 11 is 0. The fourth-order valence-electron chi connectivity index (χ4n) is 1.12. The molecular weight excluding hydrogens is 174 g/mol. The molecule has 0 saturated carbocycles. The summed E-state index contributed by atoms with van der Waals surface area (Å²) in [5, 5.41) is 0. The van der Waals surface area contributed by atoms with Gasteiger partial charge >= 0.3 is 0 Å². The van der Waals surface area contributed by atoms with Crippen molar-refractivity contribution in [1.82, 2.24) is 0 Å². The Kier molecular flexibility index (Phi) is 3.81. The molecule has 0 aliphatic heterocycles. The number of rotatable bonds is 4. The molecule has 2 nitrogen and oxygen atoms in total. The van der Waals surface area contributed by atoms with Crippen molar-refractivity contribution in [2.45, 2.75) is 27.2 Å². The molecule has 1 unspecified atom stereocenters. The summed E-state index contributed by atoms with van der Waals surface area (Å²) in [6, 6.07) is 5.77. The molecule has 1 rings (SSSR count). The van der Waals surface area contributed by atoms with Crippen LogP contribution in [0.1, 0.15) is 25.8 Å². The van der Waals surface area contributed by atoms with Crippen LogP contribution in [0.4, 0.5) is 5.69 Å². The molecule has 0 saturated heterocycles. The molecule has 0 amide bonds. The van der Waals surface area contributed by atoms with Crippen molar-refractivity contribution in [1.29, 1.82) is 0 Å². The lowest BCUT2D eigenvalue weighted by atomic mass is 10.1. The second kappa shape index (κ2) is 4.89. The largest absolute Gasteiger partial charge is 0.493 e. The molecular formula is C12H19NO. The van der Waals surface area contributed by atoms with E-state index >= 15 is 0 Å². The van der Waals surface area contributed by atoms with Crippen LogP contribution in [-0.4, -0.2) is 6.61 Å². The normalized spacial score (nSPS) is 12.5. The molecule has 2 N–H and O–H groups in total. The van der Waals surface area contributed by atoms with Crippen molar-refractivity contribution in [3.05, 3.63) is 23.8 Å². The summed E-state index contributed by atoms with van der Waals surface area (Å²) < 4.78 is 5.69. The van der Waals surface area contributed by atoms with Crippen LogP contribution in [0.5, 0.6) is 5.75 Å². The van der Waals surface area contributed by atoms with Gasteiger partial charge in [0.05, 0.1) is 6.61 Å². The maximum Gasteiger partial charge on any atom is 0.124 e. The Bertz CT molecular complexity index is 296. The number of nitrogen functional groups attached to an aromatic ring is 1. The van der Waals surface area contributed by atoms with E-state index in [2.05, 4.69) is 13.8 Å². The van der Waals surface area contributed by atoms with E-state index in [-0.39, 0.29) is 0 Å². The van der Waals surface area contributed by atoms with Crippen molar-refractivity contribution in [2.24, 2.45) is 5.92 Å². The highest BCUT2D eigenvalue weighted by Crippen LogP contribution is 2.21. The topological polar surface area (TPSA) is 35.2 Å². The van der Waals surface area contributed by atoms with E-state index in [1.165, 1.54) is 0 Å². The third-order valence-corrected chi connectivity index (χ3v) is 2.43. The highest BCUT2D eigenvalue weighted by molar-refractivity contribution is 5.47. The van der Waals surface area contributed by atoms with E-state index in [4.69, 9.17) is 10.5 Å². The van der Waals surface area contributed by atoms with Crippen molar-refractivity contribution in [2.75, 3.05) is 12.3 Å². The molecule has 0 spiro atoms. The third-order valence-electron chi connectivity index (χ3n) is 2.43. The summed E-state index contributed by atoms with van der Waals surface area (Å²) in [5.41, 5.74) is 7.59. The highest BCUT2D eigenvalue weighted by Gasteiger charge is 2.03. The van der Waals surface area contributed by atoms with Gasteiger partial charge in [0.15, 0.2) is 0 Å². The lowest BCUT2D eigenvalue weighted by Crippen LogP contribution is -2.08. The van der Waals surface area contributed by atoms with Crippen LogP contribution in [0.3, 0.4) is 0 Å². The van der Waals surface area contributed by atoms with Crippen LogP contribution >= 0.6 is 0 Å². The first-order valence-electron chi connectivity index (χ1n) is 5.12. The maximum absolute atomic E-state index is 5.69. The van der Waals surface area contributed by atoms with Crippen LogP contribution < -0.4 is 10.5 Å². The summed E-state index contributed by atoms with van der Waals surface area (Å²) in [6.07, 6.45) is 1.14. The summed E-state index contributed by atoms with van der Waals surface area (Å²) in [7, 11) is 0. The molecule has 0 aliphatic rings. The van der Waals surface area contributed by atoms with E-state index in [0.717, 1.165) is 30.0 Å². The fourth-order valence-corrected chi connectivity index (χ4v) is 1.12. The zero-order valence-electron chi connectivity index (χ0n) is 9.21. The molecule has 1 aromatic carbocycles. The van der Waals surface area contributed by atoms with Gasteiger partial charge in [-0.3, -0.25) is 0 Å².